The molecule has 1 aromatic heterocycles. The van der Waals surface area contributed by atoms with Crippen LogP contribution in [0.3, 0.4) is 0 Å². The zero-order valence-electron chi connectivity index (χ0n) is 13.7. The summed E-state index contributed by atoms with van der Waals surface area (Å²) in [5, 5.41) is 0.540. The number of ether oxygens (including phenoxy) is 1. The molecule has 1 aliphatic heterocycles. The number of imidazole rings is 1. The third-order valence-corrected chi connectivity index (χ3v) is 4.52. The van der Waals surface area contributed by atoms with Crippen LogP contribution in [0.25, 0.3) is 0 Å². The van der Waals surface area contributed by atoms with Crippen molar-refractivity contribution in [1.29, 1.82) is 0 Å². The van der Waals surface area contributed by atoms with Crippen molar-refractivity contribution in [3.8, 4) is 5.75 Å². The Balaban J connectivity index is 1.56. The lowest BCUT2D eigenvalue weighted by Crippen LogP contribution is -2.49. The summed E-state index contributed by atoms with van der Waals surface area (Å²) in [4.78, 5) is 21.0. The lowest BCUT2D eigenvalue weighted by Gasteiger charge is -2.35. The van der Waals surface area contributed by atoms with E-state index in [4.69, 9.17) is 16.3 Å². The number of amides is 1. The van der Waals surface area contributed by atoms with Gasteiger partial charge in [-0.15, -0.1) is 0 Å². The number of nitrogens with zero attached hydrogens (tertiary/aromatic N) is 4. The SMILES string of the molecule is COc1ccc(Cl)cc1C(=O)N1CCN(CCn2ccnc2)CC1. The van der Waals surface area contributed by atoms with Gasteiger partial charge in [-0.25, -0.2) is 4.98 Å². The average Bonchev–Trinajstić information content (AvgIpc) is 3.13. The molecule has 0 atom stereocenters. The van der Waals surface area contributed by atoms with E-state index in [0.29, 0.717) is 29.4 Å². The minimum atomic E-state index is -0.0244. The molecule has 0 aliphatic carbocycles. The zero-order valence-corrected chi connectivity index (χ0v) is 14.4. The van der Waals surface area contributed by atoms with Gasteiger partial charge in [0.1, 0.15) is 5.75 Å². The van der Waals surface area contributed by atoms with Gasteiger partial charge in [-0.3, -0.25) is 9.69 Å². The predicted octanol–water partition coefficient (Wildman–Crippen LogP) is 2.00. The van der Waals surface area contributed by atoms with Crippen LogP contribution in [0.15, 0.2) is 36.9 Å². The van der Waals surface area contributed by atoms with Gasteiger partial charge in [-0.1, -0.05) is 11.6 Å². The molecule has 6 nitrogen and oxygen atoms in total. The van der Waals surface area contributed by atoms with Crippen molar-refractivity contribution in [2.45, 2.75) is 6.54 Å². The minimum Gasteiger partial charge on any atom is -0.496 e. The Kier molecular flexibility index (Phi) is 5.37. The number of hydrogen-bond donors (Lipinski definition) is 0. The summed E-state index contributed by atoms with van der Waals surface area (Å²) in [5.41, 5.74) is 0.525. The summed E-state index contributed by atoms with van der Waals surface area (Å²) < 4.78 is 7.35. The molecule has 1 aliphatic rings. The highest BCUT2D eigenvalue weighted by atomic mass is 35.5. The number of rotatable bonds is 5. The lowest BCUT2D eigenvalue weighted by molar-refractivity contribution is 0.0630. The van der Waals surface area contributed by atoms with Crippen molar-refractivity contribution in [1.82, 2.24) is 19.4 Å². The number of aromatic nitrogens is 2. The fraction of sp³-hybridized carbons (Fsp3) is 0.412. The molecule has 0 spiro atoms. The third kappa shape index (κ3) is 3.88. The van der Waals surface area contributed by atoms with Crippen molar-refractivity contribution in [2.24, 2.45) is 0 Å². The Hall–Kier alpha value is -2.05. The fourth-order valence-electron chi connectivity index (χ4n) is 2.87. The molecule has 2 aromatic rings. The molecular weight excluding hydrogens is 328 g/mol. The second-order valence-electron chi connectivity index (χ2n) is 5.78. The van der Waals surface area contributed by atoms with Crippen LogP contribution in [-0.2, 0) is 6.54 Å². The van der Waals surface area contributed by atoms with E-state index < -0.39 is 0 Å². The Morgan fingerprint density at radius 2 is 2.04 bits per heavy atom. The van der Waals surface area contributed by atoms with E-state index in [-0.39, 0.29) is 5.91 Å². The van der Waals surface area contributed by atoms with Crippen LogP contribution < -0.4 is 4.74 Å². The second-order valence-corrected chi connectivity index (χ2v) is 6.22. The van der Waals surface area contributed by atoms with Gasteiger partial charge < -0.3 is 14.2 Å². The molecule has 2 heterocycles. The summed E-state index contributed by atoms with van der Waals surface area (Å²) in [7, 11) is 1.56. The molecule has 0 saturated carbocycles. The van der Waals surface area contributed by atoms with Crippen molar-refractivity contribution in [2.75, 3.05) is 39.8 Å². The Bertz CT molecular complexity index is 682. The maximum absolute atomic E-state index is 12.7. The number of halogens is 1. The Morgan fingerprint density at radius 3 is 2.71 bits per heavy atom. The third-order valence-electron chi connectivity index (χ3n) is 4.29. The second kappa shape index (κ2) is 7.68. The van der Waals surface area contributed by atoms with Crippen LogP contribution >= 0.6 is 11.6 Å². The van der Waals surface area contributed by atoms with Gasteiger partial charge >= 0.3 is 0 Å². The van der Waals surface area contributed by atoms with Crippen molar-refractivity contribution >= 4 is 17.5 Å². The van der Waals surface area contributed by atoms with E-state index in [2.05, 4.69) is 14.5 Å². The number of methoxy groups -OCH3 is 1. The van der Waals surface area contributed by atoms with Gasteiger partial charge in [0.15, 0.2) is 0 Å². The summed E-state index contributed by atoms with van der Waals surface area (Å²) in [6.07, 6.45) is 5.57. The average molecular weight is 349 g/mol. The molecule has 0 bridgehead atoms. The molecular formula is C17H21ClN4O2. The Morgan fingerprint density at radius 1 is 1.25 bits per heavy atom. The normalized spacial score (nSPS) is 15.5. The van der Waals surface area contributed by atoms with Crippen LogP contribution in [0.1, 0.15) is 10.4 Å². The van der Waals surface area contributed by atoms with Crippen LogP contribution in [0.5, 0.6) is 5.75 Å². The molecule has 1 fully saturated rings. The Labute approximate surface area is 146 Å². The molecule has 1 amide bonds. The smallest absolute Gasteiger partial charge is 0.257 e. The van der Waals surface area contributed by atoms with Gasteiger partial charge in [0, 0.05) is 56.7 Å². The molecule has 0 radical (unpaired) electrons. The molecule has 0 N–H and O–H groups in total. The highest BCUT2D eigenvalue weighted by Crippen LogP contribution is 2.24. The van der Waals surface area contributed by atoms with E-state index in [1.54, 1.807) is 31.5 Å². The van der Waals surface area contributed by atoms with E-state index in [1.807, 2.05) is 17.4 Å². The highest BCUT2D eigenvalue weighted by Gasteiger charge is 2.24. The van der Waals surface area contributed by atoms with Crippen molar-refractivity contribution in [3.63, 3.8) is 0 Å². The first kappa shape index (κ1) is 16.8. The zero-order chi connectivity index (χ0) is 16.9. The summed E-state index contributed by atoms with van der Waals surface area (Å²) in [6, 6.07) is 5.14. The fourth-order valence-corrected chi connectivity index (χ4v) is 3.04. The number of benzene rings is 1. The highest BCUT2D eigenvalue weighted by molar-refractivity contribution is 6.31. The van der Waals surface area contributed by atoms with E-state index >= 15 is 0 Å². The quantitative estimate of drug-likeness (QED) is 0.829. The van der Waals surface area contributed by atoms with Crippen LogP contribution in [0.2, 0.25) is 5.02 Å². The number of carbonyl (C=O) groups excluding carboxylic acids is 1. The monoisotopic (exact) mass is 348 g/mol. The molecule has 1 aromatic carbocycles. The number of carbonyl (C=O) groups is 1. The minimum absolute atomic E-state index is 0.0244. The standard InChI is InChI=1S/C17H21ClN4O2/c1-24-16-3-2-14(18)12-15(16)17(23)22-10-8-20(9-11-22)6-7-21-5-4-19-13-21/h2-5,12-13H,6-11H2,1H3. The number of piperazine rings is 1. The van der Waals surface area contributed by atoms with Crippen LogP contribution in [0, 0.1) is 0 Å². The lowest BCUT2D eigenvalue weighted by atomic mass is 10.1. The van der Waals surface area contributed by atoms with E-state index in [9.17, 15) is 4.79 Å². The maximum Gasteiger partial charge on any atom is 0.257 e. The van der Waals surface area contributed by atoms with Gasteiger partial charge in [-0.2, -0.15) is 0 Å². The molecule has 3 rings (SSSR count). The molecule has 1 saturated heterocycles. The van der Waals surface area contributed by atoms with E-state index in [1.165, 1.54) is 0 Å². The van der Waals surface area contributed by atoms with Crippen LogP contribution in [-0.4, -0.2) is 65.1 Å². The van der Waals surface area contributed by atoms with E-state index in [0.717, 1.165) is 26.2 Å². The first-order valence-electron chi connectivity index (χ1n) is 7.98. The topological polar surface area (TPSA) is 50.6 Å². The summed E-state index contributed by atoms with van der Waals surface area (Å²) >= 11 is 6.03. The maximum atomic E-state index is 12.7. The largest absolute Gasteiger partial charge is 0.496 e. The first-order valence-corrected chi connectivity index (χ1v) is 8.36. The first-order chi connectivity index (χ1) is 11.7. The van der Waals surface area contributed by atoms with Crippen molar-refractivity contribution < 1.29 is 9.53 Å². The predicted molar refractivity (Wildman–Crippen MR) is 92.6 cm³/mol. The molecule has 128 valence electrons. The molecule has 24 heavy (non-hydrogen) atoms. The van der Waals surface area contributed by atoms with Crippen molar-refractivity contribution in [3.05, 3.63) is 47.5 Å². The van der Waals surface area contributed by atoms with Gasteiger partial charge in [0.25, 0.3) is 5.91 Å². The van der Waals surface area contributed by atoms with Gasteiger partial charge in [0.05, 0.1) is 19.0 Å². The molecule has 7 heteroatoms. The van der Waals surface area contributed by atoms with Crippen LogP contribution in [0.4, 0.5) is 0 Å². The van der Waals surface area contributed by atoms with Gasteiger partial charge in [0.2, 0.25) is 0 Å². The van der Waals surface area contributed by atoms with Gasteiger partial charge in [-0.05, 0) is 18.2 Å². The molecule has 0 unspecified atom stereocenters. The summed E-state index contributed by atoms with van der Waals surface area (Å²) in [5.74, 6) is 0.538. The summed E-state index contributed by atoms with van der Waals surface area (Å²) in [6.45, 7) is 5.01. The number of hydrogen-bond acceptors (Lipinski definition) is 4.